The first kappa shape index (κ1) is 20.6. The molecule has 0 spiro atoms. The summed E-state index contributed by atoms with van der Waals surface area (Å²) in [5, 5.41) is 14.2. The van der Waals surface area contributed by atoms with Gasteiger partial charge in [0.25, 0.3) is 5.91 Å². The minimum atomic E-state index is -0.0341. The van der Waals surface area contributed by atoms with E-state index in [4.69, 9.17) is 9.97 Å². The number of hydrogen-bond acceptors (Lipinski definition) is 5. The topological polar surface area (TPSA) is 84.1 Å². The minimum Gasteiger partial charge on any atom is -0.394 e. The number of carbonyl (C=O) groups is 1. The average molecular weight is 430 g/mol. The first-order valence-electron chi connectivity index (χ1n) is 11.0. The number of allylic oxidation sites excluding steroid dienone is 2. The zero-order valence-electron chi connectivity index (χ0n) is 18.9. The van der Waals surface area contributed by atoms with Crippen LogP contribution in [0.2, 0.25) is 0 Å². The Morgan fingerprint density at radius 2 is 2.06 bits per heavy atom. The highest BCUT2D eigenvalue weighted by Crippen LogP contribution is 2.40. The lowest BCUT2D eigenvalue weighted by molar-refractivity contribution is 0.0780. The molecule has 32 heavy (non-hydrogen) atoms. The molecule has 1 aliphatic heterocycles. The van der Waals surface area contributed by atoms with Gasteiger partial charge >= 0.3 is 0 Å². The van der Waals surface area contributed by atoms with Crippen molar-refractivity contribution in [3.05, 3.63) is 69.9 Å². The number of aliphatic hydroxyl groups is 1. The van der Waals surface area contributed by atoms with Crippen LogP contribution in [0.1, 0.15) is 57.1 Å². The molecule has 1 N–H and O–H groups in total. The zero-order chi connectivity index (χ0) is 22.6. The van der Waals surface area contributed by atoms with Crippen molar-refractivity contribution in [3.8, 4) is 11.3 Å². The highest BCUT2D eigenvalue weighted by atomic mass is 16.3. The van der Waals surface area contributed by atoms with Crippen molar-refractivity contribution in [2.45, 2.75) is 46.2 Å². The van der Waals surface area contributed by atoms with Gasteiger partial charge in [0.05, 0.1) is 54.4 Å². The predicted octanol–water partition coefficient (Wildman–Crippen LogP) is 3.28. The highest BCUT2D eigenvalue weighted by molar-refractivity contribution is 5.97. The van der Waals surface area contributed by atoms with Crippen molar-refractivity contribution in [2.75, 3.05) is 13.7 Å². The van der Waals surface area contributed by atoms with Crippen molar-refractivity contribution in [1.29, 1.82) is 0 Å². The molecule has 164 valence electrons. The van der Waals surface area contributed by atoms with E-state index in [0.717, 1.165) is 57.2 Å². The molecule has 2 aliphatic rings. The van der Waals surface area contributed by atoms with Crippen molar-refractivity contribution < 1.29 is 9.90 Å². The van der Waals surface area contributed by atoms with Gasteiger partial charge in [-0.1, -0.05) is 30.7 Å². The zero-order valence-corrected chi connectivity index (χ0v) is 18.9. The third kappa shape index (κ3) is 3.15. The second-order valence-electron chi connectivity index (χ2n) is 8.74. The van der Waals surface area contributed by atoms with Crippen molar-refractivity contribution in [2.24, 2.45) is 0 Å². The number of aryl methyl sites for hydroxylation is 2. The third-order valence-corrected chi connectivity index (χ3v) is 6.54. The van der Waals surface area contributed by atoms with Gasteiger partial charge in [0.15, 0.2) is 0 Å². The van der Waals surface area contributed by atoms with Gasteiger partial charge < -0.3 is 10.0 Å². The fraction of sp³-hybridized carbons (Fsp3) is 0.360. The standard InChI is InChI=1S/C25H27N5O2/c1-14-5-6-18-19(11-14)15(2)17-7-8-20-24(17)27-21(12-26-20)23-16(3)28-30(9-10-31)22(23)13-29(4)25(18)32/h5-7,11-12,15,31H,8-10,13H2,1-4H3/t15-/m0/s1. The van der Waals surface area contributed by atoms with E-state index < -0.39 is 0 Å². The summed E-state index contributed by atoms with van der Waals surface area (Å²) in [7, 11) is 1.81. The number of amides is 1. The summed E-state index contributed by atoms with van der Waals surface area (Å²) in [5.74, 6) is -0.00787. The molecular weight excluding hydrogens is 402 g/mol. The van der Waals surface area contributed by atoms with Crippen LogP contribution in [0.25, 0.3) is 16.8 Å². The molecule has 0 saturated carbocycles. The number of aliphatic hydroxyl groups excluding tert-OH is 1. The normalized spacial score (nSPS) is 17.4. The second-order valence-corrected chi connectivity index (χ2v) is 8.74. The fourth-order valence-electron chi connectivity index (χ4n) is 4.91. The molecule has 7 heteroatoms. The molecular formula is C25H27N5O2. The first-order chi connectivity index (χ1) is 15.4. The van der Waals surface area contributed by atoms with Gasteiger partial charge in [-0.2, -0.15) is 5.10 Å². The Morgan fingerprint density at radius 1 is 1.25 bits per heavy atom. The van der Waals surface area contributed by atoms with Crippen molar-refractivity contribution in [1.82, 2.24) is 24.6 Å². The van der Waals surface area contributed by atoms with Crippen LogP contribution in [-0.4, -0.2) is 49.3 Å². The Hall–Kier alpha value is -3.32. The Morgan fingerprint density at radius 3 is 2.84 bits per heavy atom. The van der Waals surface area contributed by atoms with Crippen LogP contribution < -0.4 is 0 Å². The van der Waals surface area contributed by atoms with E-state index in [2.05, 4.69) is 31.1 Å². The maximum Gasteiger partial charge on any atom is 0.254 e. The molecule has 0 unspecified atom stereocenters. The Kier molecular flexibility index (Phi) is 4.93. The molecule has 2 bridgehead atoms. The summed E-state index contributed by atoms with van der Waals surface area (Å²) in [6, 6.07) is 6.03. The second kappa shape index (κ2) is 7.67. The number of fused-ring (bicyclic) bond motifs is 4. The molecule has 2 aromatic heterocycles. The summed E-state index contributed by atoms with van der Waals surface area (Å²) in [4.78, 5) is 25.1. The largest absolute Gasteiger partial charge is 0.394 e. The van der Waals surface area contributed by atoms with E-state index in [1.807, 2.05) is 32.3 Å². The molecule has 7 nitrogen and oxygen atoms in total. The van der Waals surface area contributed by atoms with E-state index >= 15 is 0 Å². The number of carbonyl (C=O) groups excluding carboxylic acids is 1. The maximum absolute atomic E-state index is 13.6. The van der Waals surface area contributed by atoms with Crippen LogP contribution in [0, 0.1) is 13.8 Å². The Balaban J connectivity index is 1.79. The Labute approximate surface area is 187 Å². The van der Waals surface area contributed by atoms with E-state index in [9.17, 15) is 9.90 Å². The number of nitrogens with zero attached hydrogens (tertiary/aromatic N) is 5. The van der Waals surface area contributed by atoms with Crippen LogP contribution in [0.4, 0.5) is 0 Å². The van der Waals surface area contributed by atoms with Crippen LogP contribution >= 0.6 is 0 Å². The molecule has 0 radical (unpaired) electrons. The lowest BCUT2D eigenvalue weighted by Gasteiger charge is -2.24. The SMILES string of the molecule is Cc1ccc2c(c1)[C@@H](C)C1=CCc3ncc(nc31)-c1c(C)nn(CCO)c1CN(C)C2=O. The van der Waals surface area contributed by atoms with E-state index in [1.165, 1.54) is 0 Å². The van der Waals surface area contributed by atoms with Crippen LogP contribution in [-0.2, 0) is 19.5 Å². The molecule has 0 fully saturated rings. The number of aromatic nitrogens is 4. The lowest BCUT2D eigenvalue weighted by atomic mass is 9.87. The van der Waals surface area contributed by atoms with Gasteiger partial charge in [0.1, 0.15) is 0 Å². The Bertz CT molecular complexity index is 1270. The fourth-order valence-corrected chi connectivity index (χ4v) is 4.91. The van der Waals surface area contributed by atoms with E-state index in [1.54, 1.807) is 9.58 Å². The smallest absolute Gasteiger partial charge is 0.254 e. The lowest BCUT2D eigenvalue weighted by Crippen LogP contribution is -2.29. The van der Waals surface area contributed by atoms with E-state index in [-0.39, 0.29) is 18.4 Å². The van der Waals surface area contributed by atoms with Gasteiger partial charge in [0.2, 0.25) is 0 Å². The molecule has 1 aliphatic carbocycles. The number of rotatable bonds is 2. The molecule has 3 aromatic rings. The molecule has 1 amide bonds. The highest BCUT2D eigenvalue weighted by Gasteiger charge is 2.30. The van der Waals surface area contributed by atoms with Gasteiger partial charge in [-0.05, 0) is 31.1 Å². The minimum absolute atomic E-state index is 0.0187. The molecule has 1 atom stereocenters. The average Bonchev–Trinajstić information content (AvgIpc) is 3.32. The van der Waals surface area contributed by atoms with E-state index in [0.29, 0.717) is 18.7 Å². The summed E-state index contributed by atoms with van der Waals surface area (Å²) in [5.41, 5.74) is 9.13. The van der Waals surface area contributed by atoms with Gasteiger partial charge in [-0.15, -0.1) is 0 Å². The number of hydrogen-bond donors (Lipinski definition) is 1. The summed E-state index contributed by atoms with van der Waals surface area (Å²) in [6.07, 6.45) is 4.74. The molecule has 3 heterocycles. The van der Waals surface area contributed by atoms with Gasteiger partial charge in [-0.3, -0.25) is 14.5 Å². The third-order valence-electron chi connectivity index (χ3n) is 6.54. The quantitative estimate of drug-likeness (QED) is 0.676. The summed E-state index contributed by atoms with van der Waals surface area (Å²) < 4.78 is 1.78. The number of benzene rings is 1. The van der Waals surface area contributed by atoms with Crippen LogP contribution in [0.5, 0.6) is 0 Å². The molecule has 0 saturated heterocycles. The monoisotopic (exact) mass is 429 g/mol. The summed E-state index contributed by atoms with van der Waals surface area (Å²) in [6.45, 7) is 6.81. The van der Waals surface area contributed by atoms with Crippen molar-refractivity contribution in [3.63, 3.8) is 0 Å². The van der Waals surface area contributed by atoms with Crippen LogP contribution in [0.3, 0.4) is 0 Å². The molecule has 1 aromatic carbocycles. The first-order valence-corrected chi connectivity index (χ1v) is 11.0. The van der Waals surface area contributed by atoms with Crippen LogP contribution in [0.15, 0.2) is 30.5 Å². The van der Waals surface area contributed by atoms with Gasteiger partial charge in [0, 0.05) is 30.5 Å². The predicted molar refractivity (Wildman–Crippen MR) is 122 cm³/mol. The maximum atomic E-state index is 13.6. The van der Waals surface area contributed by atoms with Gasteiger partial charge in [-0.25, -0.2) is 4.98 Å². The van der Waals surface area contributed by atoms with Crippen molar-refractivity contribution >= 4 is 11.5 Å². The molecule has 5 rings (SSSR count). The summed E-state index contributed by atoms with van der Waals surface area (Å²) >= 11 is 0.